The zero-order valence-electron chi connectivity index (χ0n) is 17.3. The van der Waals surface area contributed by atoms with Crippen molar-refractivity contribution >= 4 is 23.1 Å². The number of methoxy groups -OCH3 is 1. The molecule has 2 aromatic rings. The molecule has 32 heavy (non-hydrogen) atoms. The minimum Gasteiger partial charge on any atom is -0.507 e. The van der Waals surface area contributed by atoms with E-state index in [1.165, 1.54) is 30.2 Å². The van der Waals surface area contributed by atoms with Crippen LogP contribution in [0.3, 0.4) is 0 Å². The van der Waals surface area contributed by atoms with Gasteiger partial charge in [-0.2, -0.15) is 0 Å². The molecule has 10 heteroatoms. The van der Waals surface area contributed by atoms with Crippen LogP contribution in [0.2, 0.25) is 0 Å². The fraction of sp³-hybridized carbons (Fsp3) is 0.273. The van der Waals surface area contributed by atoms with Gasteiger partial charge in [0.05, 0.1) is 43.5 Å². The SMILES string of the molecule is COc1cccc([C@@H]2/C(=C(\O)c3cccc([N+](=O)[O-])c3)C(=O)C(=O)N2CCOCCO)c1. The molecule has 1 heterocycles. The zero-order chi connectivity index (χ0) is 23.3. The summed E-state index contributed by atoms with van der Waals surface area (Å²) in [5, 5.41) is 31.0. The van der Waals surface area contributed by atoms with Crippen molar-refractivity contribution in [1.29, 1.82) is 0 Å². The van der Waals surface area contributed by atoms with Gasteiger partial charge in [0.25, 0.3) is 17.4 Å². The van der Waals surface area contributed by atoms with Gasteiger partial charge in [-0.15, -0.1) is 0 Å². The van der Waals surface area contributed by atoms with Gasteiger partial charge in [-0.1, -0.05) is 24.3 Å². The Morgan fingerprint density at radius 3 is 2.59 bits per heavy atom. The molecular formula is C22H22N2O8. The van der Waals surface area contributed by atoms with Crippen molar-refractivity contribution in [1.82, 2.24) is 4.90 Å². The standard InChI is InChI=1S/C22H22N2O8/c1-31-17-7-3-4-14(13-17)19-18(20(26)15-5-2-6-16(12-15)24(29)30)21(27)22(28)23(19)8-10-32-11-9-25/h2-7,12-13,19,25-26H,8-11H2,1H3/b20-18+/t19-/m1/s1. The summed E-state index contributed by atoms with van der Waals surface area (Å²) >= 11 is 0. The first-order valence-corrected chi connectivity index (χ1v) is 9.74. The molecule has 1 fully saturated rings. The number of nitro groups is 1. The molecule has 0 aromatic heterocycles. The minimum atomic E-state index is -0.956. The third-order valence-electron chi connectivity index (χ3n) is 4.99. The molecule has 3 rings (SSSR count). The summed E-state index contributed by atoms with van der Waals surface area (Å²) in [5.41, 5.74) is 0.101. The number of Topliss-reactive ketones (excluding diaryl/α,β-unsaturated/α-hetero) is 1. The fourth-order valence-corrected chi connectivity index (χ4v) is 3.52. The highest BCUT2D eigenvalue weighted by Gasteiger charge is 2.46. The average molecular weight is 442 g/mol. The highest BCUT2D eigenvalue weighted by atomic mass is 16.6. The molecule has 1 atom stereocenters. The van der Waals surface area contributed by atoms with Gasteiger partial charge >= 0.3 is 0 Å². The zero-order valence-corrected chi connectivity index (χ0v) is 17.3. The summed E-state index contributed by atoms with van der Waals surface area (Å²) in [7, 11) is 1.47. The van der Waals surface area contributed by atoms with Crippen molar-refractivity contribution < 1.29 is 34.2 Å². The third-order valence-corrected chi connectivity index (χ3v) is 4.99. The van der Waals surface area contributed by atoms with Crippen LogP contribution in [-0.4, -0.2) is 65.2 Å². The Hall–Kier alpha value is -3.76. The van der Waals surface area contributed by atoms with Gasteiger partial charge < -0.3 is 24.6 Å². The number of hydrogen-bond donors (Lipinski definition) is 2. The normalized spacial score (nSPS) is 17.6. The number of non-ortho nitro benzene ring substituents is 1. The topological polar surface area (TPSA) is 139 Å². The van der Waals surface area contributed by atoms with Crippen LogP contribution in [0.1, 0.15) is 17.2 Å². The quantitative estimate of drug-likeness (QED) is 0.150. The summed E-state index contributed by atoms with van der Waals surface area (Å²) in [4.78, 5) is 37.5. The van der Waals surface area contributed by atoms with E-state index in [1.807, 2.05) is 0 Å². The van der Waals surface area contributed by atoms with E-state index < -0.39 is 28.4 Å². The maximum atomic E-state index is 12.9. The molecule has 2 N–H and O–H groups in total. The Labute approximate surface area is 183 Å². The number of ether oxygens (including phenoxy) is 2. The Balaban J connectivity index is 2.11. The second kappa shape index (κ2) is 10.0. The Bertz CT molecular complexity index is 1070. The predicted octanol–water partition coefficient (Wildman–Crippen LogP) is 2.03. The van der Waals surface area contributed by atoms with Gasteiger partial charge in [0, 0.05) is 24.2 Å². The van der Waals surface area contributed by atoms with Crippen molar-refractivity contribution in [3.05, 3.63) is 75.3 Å². The number of likely N-dealkylation sites (tertiary alicyclic amines) is 1. The molecule has 0 radical (unpaired) electrons. The van der Waals surface area contributed by atoms with E-state index in [1.54, 1.807) is 24.3 Å². The lowest BCUT2D eigenvalue weighted by Crippen LogP contribution is -2.33. The van der Waals surface area contributed by atoms with Crippen LogP contribution in [-0.2, 0) is 14.3 Å². The summed E-state index contributed by atoms with van der Waals surface area (Å²) in [6.45, 7) is -0.0323. The molecule has 10 nitrogen and oxygen atoms in total. The van der Waals surface area contributed by atoms with Gasteiger partial charge in [0.15, 0.2) is 0 Å². The molecule has 0 spiro atoms. The number of aliphatic hydroxyl groups is 2. The summed E-state index contributed by atoms with van der Waals surface area (Å²) in [6.07, 6.45) is 0. The molecular weight excluding hydrogens is 420 g/mol. The lowest BCUT2D eigenvalue weighted by atomic mass is 9.95. The van der Waals surface area contributed by atoms with E-state index in [2.05, 4.69) is 0 Å². The van der Waals surface area contributed by atoms with E-state index in [9.17, 15) is 24.8 Å². The molecule has 1 aliphatic rings. The number of carbonyl (C=O) groups excluding carboxylic acids is 2. The second-order valence-electron chi connectivity index (χ2n) is 6.91. The first kappa shape index (κ1) is 22.9. The maximum absolute atomic E-state index is 12.9. The predicted molar refractivity (Wildman–Crippen MR) is 113 cm³/mol. The molecule has 1 amide bonds. The highest BCUT2D eigenvalue weighted by molar-refractivity contribution is 6.46. The third kappa shape index (κ3) is 4.61. The lowest BCUT2D eigenvalue weighted by Gasteiger charge is -2.25. The molecule has 0 aliphatic carbocycles. The van der Waals surface area contributed by atoms with Crippen LogP contribution >= 0.6 is 0 Å². The van der Waals surface area contributed by atoms with Crippen LogP contribution in [0, 0.1) is 10.1 Å². The number of amides is 1. The molecule has 0 unspecified atom stereocenters. The van der Waals surface area contributed by atoms with E-state index in [0.29, 0.717) is 11.3 Å². The van der Waals surface area contributed by atoms with Crippen molar-refractivity contribution in [2.24, 2.45) is 0 Å². The highest BCUT2D eigenvalue weighted by Crippen LogP contribution is 2.40. The number of ketones is 1. The Kier molecular flexibility index (Phi) is 7.18. The van der Waals surface area contributed by atoms with Crippen LogP contribution in [0.4, 0.5) is 5.69 Å². The van der Waals surface area contributed by atoms with Crippen molar-refractivity contribution in [3.63, 3.8) is 0 Å². The summed E-state index contributed by atoms with van der Waals surface area (Å²) in [5.74, 6) is -1.78. The number of nitro benzene ring substituents is 1. The molecule has 168 valence electrons. The number of nitrogens with zero attached hydrogens (tertiary/aromatic N) is 2. The molecule has 1 saturated heterocycles. The number of rotatable bonds is 9. The monoisotopic (exact) mass is 442 g/mol. The minimum absolute atomic E-state index is 0.0260. The van der Waals surface area contributed by atoms with Crippen LogP contribution in [0.5, 0.6) is 5.75 Å². The molecule has 1 aliphatic heterocycles. The van der Waals surface area contributed by atoms with Crippen molar-refractivity contribution in [2.75, 3.05) is 33.5 Å². The smallest absolute Gasteiger partial charge is 0.295 e. The van der Waals surface area contributed by atoms with Crippen LogP contribution < -0.4 is 4.74 Å². The summed E-state index contributed by atoms with van der Waals surface area (Å²) < 4.78 is 10.5. The number of carbonyl (C=O) groups is 2. The largest absolute Gasteiger partial charge is 0.507 e. The Morgan fingerprint density at radius 1 is 1.16 bits per heavy atom. The van der Waals surface area contributed by atoms with Gasteiger partial charge in [-0.05, 0) is 17.7 Å². The van der Waals surface area contributed by atoms with Gasteiger partial charge in [0.1, 0.15) is 11.5 Å². The average Bonchev–Trinajstić information content (AvgIpc) is 3.06. The first-order valence-electron chi connectivity index (χ1n) is 9.74. The Morgan fingerprint density at radius 2 is 1.91 bits per heavy atom. The van der Waals surface area contributed by atoms with Gasteiger partial charge in [-0.3, -0.25) is 19.7 Å². The van der Waals surface area contributed by atoms with Crippen molar-refractivity contribution in [3.8, 4) is 5.75 Å². The summed E-state index contributed by atoms with van der Waals surface area (Å²) in [6, 6.07) is 10.9. The molecule has 2 aromatic carbocycles. The van der Waals surface area contributed by atoms with E-state index in [-0.39, 0.29) is 43.2 Å². The van der Waals surface area contributed by atoms with Crippen LogP contribution in [0.15, 0.2) is 54.1 Å². The maximum Gasteiger partial charge on any atom is 0.295 e. The fourth-order valence-electron chi connectivity index (χ4n) is 3.52. The van der Waals surface area contributed by atoms with Crippen molar-refractivity contribution in [2.45, 2.75) is 6.04 Å². The number of hydrogen-bond acceptors (Lipinski definition) is 8. The van der Waals surface area contributed by atoms with E-state index in [0.717, 1.165) is 6.07 Å². The molecule has 0 bridgehead atoms. The lowest BCUT2D eigenvalue weighted by molar-refractivity contribution is -0.384. The number of benzene rings is 2. The van der Waals surface area contributed by atoms with Crippen LogP contribution in [0.25, 0.3) is 5.76 Å². The second-order valence-corrected chi connectivity index (χ2v) is 6.91. The van der Waals surface area contributed by atoms with E-state index >= 15 is 0 Å². The van der Waals surface area contributed by atoms with Gasteiger partial charge in [0.2, 0.25) is 0 Å². The van der Waals surface area contributed by atoms with E-state index in [4.69, 9.17) is 14.6 Å². The first-order chi connectivity index (χ1) is 15.4. The molecule has 0 saturated carbocycles. The van der Waals surface area contributed by atoms with Gasteiger partial charge in [-0.25, -0.2) is 0 Å². The number of aliphatic hydroxyl groups excluding tert-OH is 2.